The van der Waals surface area contributed by atoms with Crippen molar-refractivity contribution < 1.29 is 18.1 Å². The number of thioether (sulfide) groups is 1. The molecule has 4 aromatic rings. The van der Waals surface area contributed by atoms with E-state index in [2.05, 4.69) is 45.8 Å². The molecule has 11 nitrogen and oxygen atoms in total. The minimum Gasteiger partial charge on any atom is -0.369 e. The van der Waals surface area contributed by atoms with E-state index in [4.69, 9.17) is 11.6 Å². The van der Waals surface area contributed by atoms with Crippen LogP contribution in [0.25, 0.3) is 5.57 Å². The van der Waals surface area contributed by atoms with E-state index in [1.165, 1.54) is 34.9 Å². The Morgan fingerprint density at radius 2 is 1.64 bits per heavy atom. The number of nitro benzene ring substituents is 1. The maximum atomic E-state index is 13.5. The Balaban J connectivity index is 1.09. The van der Waals surface area contributed by atoms with Crippen LogP contribution in [0.15, 0.2) is 112 Å². The van der Waals surface area contributed by atoms with Crippen LogP contribution in [0.1, 0.15) is 62.4 Å². The first-order valence-electron chi connectivity index (χ1n) is 19.6. The Morgan fingerprint density at radius 1 is 0.966 bits per heavy atom. The first-order valence-corrected chi connectivity index (χ1v) is 22.5. The Kier molecular flexibility index (Phi) is 13.6. The van der Waals surface area contributed by atoms with E-state index in [0.29, 0.717) is 17.9 Å². The second-order valence-corrected chi connectivity index (χ2v) is 19.3. The summed E-state index contributed by atoms with van der Waals surface area (Å²) in [4.78, 5) is 32.0. The molecule has 4 aromatic carbocycles. The van der Waals surface area contributed by atoms with Gasteiger partial charge in [-0.2, -0.15) is 0 Å². The molecule has 0 aromatic heterocycles. The van der Waals surface area contributed by atoms with Crippen molar-refractivity contribution in [2.45, 2.75) is 61.9 Å². The third-order valence-corrected chi connectivity index (χ3v) is 14.2. The molecule has 2 aliphatic rings. The molecule has 0 spiro atoms. The number of nitro groups is 1. The van der Waals surface area contributed by atoms with Crippen LogP contribution in [0, 0.1) is 15.5 Å². The highest BCUT2D eigenvalue weighted by Gasteiger charge is 2.34. The fraction of sp³-hybridized carbons (Fsp3) is 0.386. The van der Waals surface area contributed by atoms with Crippen molar-refractivity contribution in [3.63, 3.8) is 0 Å². The molecule has 6 rings (SSSR count). The van der Waals surface area contributed by atoms with Crippen molar-refractivity contribution >= 4 is 61.9 Å². The van der Waals surface area contributed by atoms with E-state index in [0.717, 1.165) is 67.6 Å². The third kappa shape index (κ3) is 10.4. The molecule has 0 unspecified atom stereocenters. The minimum atomic E-state index is -4.60. The molecular formula is C44H53ClN6O5S2. The molecular weight excluding hydrogens is 792 g/mol. The smallest absolute Gasteiger partial charge is 0.291 e. The molecule has 1 aliphatic heterocycles. The quantitative estimate of drug-likeness (QED) is 0.0518. The predicted octanol–water partition coefficient (Wildman–Crippen LogP) is 9.02. The van der Waals surface area contributed by atoms with Gasteiger partial charge in [-0.1, -0.05) is 68.3 Å². The first-order chi connectivity index (χ1) is 27.6. The summed E-state index contributed by atoms with van der Waals surface area (Å²) in [6.07, 6.45) is 3.92. The second-order valence-electron chi connectivity index (χ2n) is 16.1. The van der Waals surface area contributed by atoms with E-state index in [1.807, 2.05) is 80.5 Å². The van der Waals surface area contributed by atoms with Gasteiger partial charge in [0.25, 0.3) is 21.6 Å². The second kappa shape index (κ2) is 18.3. The van der Waals surface area contributed by atoms with Crippen molar-refractivity contribution in [3.05, 3.63) is 129 Å². The van der Waals surface area contributed by atoms with Crippen molar-refractivity contribution in [1.82, 2.24) is 14.5 Å². The molecule has 0 saturated carbocycles. The lowest BCUT2D eigenvalue weighted by Crippen LogP contribution is -2.52. The van der Waals surface area contributed by atoms with Crippen LogP contribution in [-0.4, -0.2) is 87.3 Å². The number of carbonyl (C=O) groups excluding carboxylic acids is 1. The number of anilines is 2. The number of hydrogen-bond acceptors (Lipinski definition) is 10. The first kappa shape index (κ1) is 43.2. The fourth-order valence-electron chi connectivity index (χ4n) is 7.79. The van der Waals surface area contributed by atoms with Crippen LogP contribution in [0.3, 0.4) is 0 Å². The van der Waals surface area contributed by atoms with E-state index in [-0.39, 0.29) is 11.0 Å². The zero-order valence-corrected chi connectivity index (χ0v) is 36.2. The summed E-state index contributed by atoms with van der Waals surface area (Å²) in [6, 6.07) is 28.8. The van der Waals surface area contributed by atoms with Gasteiger partial charge >= 0.3 is 0 Å². The van der Waals surface area contributed by atoms with Gasteiger partial charge in [0.2, 0.25) is 0 Å². The maximum absolute atomic E-state index is 13.5. The van der Waals surface area contributed by atoms with Gasteiger partial charge in [0, 0.05) is 71.4 Å². The number of amides is 1. The van der Waals surface area contributed by atoms with Gasteiger partial charge in [-0.15, -0.1) is 11.8 Å². The molecule has 2 N–H and O–H groups in total. The highest BCUT2D eigenvalue weighted by Crippen LogP contribution is 2.43. The number of rotatable bonds is 15. The molecule has 1 amide bonds. The van der Waals surface area contributed by atoms with Crippen LogP contribution in [0.5, 0.6) is 0 Å². The van der Waals surface area contributed by atoms with Gasteiger partial charge in [0.05, 0.1) is 10.6 Å². The molecule has 14 heteroatoms. The topological polar surface area (TPSA) is 128 Å². The van der Waals surface area contributed by atoms with Crippen molar-refractivity contribution in [3.8, 4) is 0 Å². The molecule has 308 valence electrons. The summed E-state index contributed by atoms with van der Waals surface area (Å²) in [5.74, 6) is -0.258. The van der Waals surface area contributed by atoms with E-state index < -0.39 is 37.1 Å². The highest BCUT2D eigenvalue weighted by atomic mass is 35.5. The minimum absolute atomic E-state index is 0.128. The van der Waals surface area contributed by atoms with Crippen molar-refractivity contribution in [2.24, 2.45) is 5.41 Å². The lowest BCUT2D eigenvalue weighted by atomic mass is 9.73. The summed E-state index contributed by atoms with van der Waals surface area (Å²) in [7, 11) is -0.752. The lowest BCUT2D eigenvalue weighted by Gasteiger charge is -2.40. The van der Waals surface area contributed by atoms with E-state index in [9.17, 15) is 23.3 Å². The Morgan fingerprint density at radius 3 is 2.26 bits per heavy atom. The number of carbonyl (C=O) groups is 1. The monoisotopic (exact) mass is 844 g/mol. The summed E-state index contributed by atoms with van der Waals surface area (Å²) in [6.45, 7) is 11.0. The summed E-state index contributed by atoms with van der Waals surface area (Å²) >= 11 is 7.84. The van der Waals surface area contributed by atoms with E-state index in [1.54, 1.807) is 23.9 Å². The zero-order chi connectivity index (χ0) is 41.7. The van der Waals surface area contributed by atoms with Crippen LogP contribution < -0.4 is 14.9 Å². The number of allylic oxidation sites excluding steroid dienone is 1. The van der Waals surface area contributed by atoms with Gasteiger partial charge < -0.3 is 10.2 Å². The summed E-state index contributed by atoms with van der Waals surface area (Å²) < 4.78 is 29.1. The number of sulfonamides is 1. The summed E-state index contributed by atoms with van der Waals surface area (Å²) in [5.41, 5.74) is 4.64. The summed E-state index contributed by atoms with van der Waals surface area (Å²) in [5, 5.41) is 16.4. The molecule has 1 saturated heterocycles. The van der Waals surface area contributed by atoms with Crippen molar-refractivity contribution in [2.75, 3.05) is 62.8 Å². The zero-order valence-electron chi connectivity index (χ0n) is 33.8. The average molecular weight is 846 g/mol. The Hall–Kier alpha value is -4.40. The number of piperazine rings is 1. The van der Waals surface area contributed by atoms with E-state index >= 15 is 0 Å². The van der Waals surface area contributed by atoms with Crippen LogP contribution >= 0.6 is 23.4 Å². The molecule has 1 heterocycles. The number of hydrogen-bond donors (Lipinski definition) is 2. The van der Waals surface area contributed by atoms with Gasteiger partial charge in [-0.05, 0) is 117 Å². The largest absolute Gasteiger partial charge is 0.369 e. The molecule has 58 heavy (non-hydrogen) atoms. The van der Waals surface area contributed by atoms with Crippen molar-refractivity contribution in [1.29, 1.82) is 0 Å². The molecule has 1 aliphatic carbocycles. The number of nitrogens with zero attached hydrogens (tertiary/aromatic N) is 4. The van der Waals surface area contributed by atoms with Gasteiger partial charge in [0.1, 0.15) is 0 Å². The highest BCUT2D eigenvalue weighted by molar-refractivity contribution is 7.99. The van der Waals surface area contributed by atoms with Gasteiger partial charge in [0.15, 0.2) is 4.90 Å². The van der Waals surface area contributed by atoms with Crippen LogP contribution in [0.4, 0.5) is 17.1 Å². The van der Waals surface area contributed by atoms with Crippen LogP contribution in [-0.2, 0) is 10.0 Å². The Labute approximate surface area is 352 Å². The molecule has 0 radical (unpaired) electrons. The van der Waals surface area contributed by atoms with Gasteiger partial charge in [-0.25, -0.2) is 13.1 Å². The Bertz CT molecular complexity index is 2230. The van der Waals surface area contributed by atoms with Gasteiger partial charge in [-0.3, -0.25) is 24.7 Å². The standard InChI is InChI=1S/C44H53ClN6O5S2/c1-6-44(48(4)5,31-57-38-10-8-7-9-11-38)46-36-18-21-41(40(28-36)51(53)54)58(55,56)47-42(52)33-14-19-37(20-15-33)50-26-24-49(25-27-50)30-34-29-43(2,3)23-22-39(34)32-12-16-35(45)17-13-32/h7-21,28,46H,6,22-27,29-31H2,1-5H3,(H,47,52)/t44-/m1/s1. The normalized spacial score (nSPS) is 17.2. The maximum Gasteiger partial charge on any atom is 0.291 e. The predicted molar refractivity (Wildman–Crippen MR) is 236 cm³/mol. The molecule has 0 bridgehead atoms. The third-order valence-electron chi connectivity index (χ3n) is 11.4. The van der Waals surface area contributed by atoms with Crippen LogP contribution in [0.2, 0.25) is 5.02 Å². The lowest BCUT2D eigenvalue weighted by molar-refractivity contribution is -0.387. The number of benzene rings is 4. The fourth-order valence-corrected chi connectivity index (χ4v) is 10.3. The number of nitrogens with one attached hydrogen (secondary N) is 2. The molecule has 1 atom stereocenters. The molecule has 1 fully saturated rings. The average Bonchev–Trinajstić information content (AvgIpc) is 3.20. The number of halogens is 1. The SMILES string of the molecule is CC[C@@](CSc1ccccc1)(Nc1ccc(S(=O)(=O)NC(=O)c2ccc(N3CCN(CC4=C(c5ccc(Cl)cc5)CCC(C)(C)C4)CC3)cc2)c([N+](=O)[O-])c1)N(C)C.